The van der Waals surface area contributed by atoms with Crippen LogP contribution < -0.4 is 5.43 Å². The van der Waals surface area contributed by atoms with E-state index in [2.05, 4.69) is 4.98 Å². The van der Waals surface area contributed by atoms with Gasteiger partial charge in [0.25, 0.3) is 0 Å². The van der Waals surface area contributed by atoms with E-state index in [4.69, 9.17) is 4.74 Å². The van der Waals surface area contributed by atoms with E-state index in [0.717, 1.165) is 16.6 Å². The molecule has 0 saturated carbocycles. The maximum Gasteiger partial charge on any atom is 0.192 e. The number of ketones is 1. The van der Waals surface area contributed by atoms with E-state index in [1.165, 1.54) is 19.9 Å². The highest BCUT2D eigenvalue weighted by Gasteiger charge is 2.20. The fourth-order valence-electron chi connectivity index (χ4n) is 2.50. The number of methoxy groups -OCH3 is 1. The minimum atomic E-state index is -1.44. The lowest BCUT2D eigenvalue weighted by molar-refractivity contribution is -0.128. The van der Waals surface area contributed by atoms with Crippen LogP contribution in [0, 0.1) is 13.8 Å². The largest absolute Gasteiger partial charge is 0.382 e. The molecule has 0 saturated heterocycles. The van der Waals surface area contributed by atoms with Crippen molar-refractivity contribution in [3.63, 3.8) is 0 Å². The Hall–Kier alpha value is -2.24. The number of hydrogen-bond acceptors (Lipinski definition) is 4. The summed E-state index contributed by atoms with van der Waals surface area (Å²) in [6, 6.07) is 3.68. The Labute approximate surface area is 141 Å². The Kier molecular flexibility index (Phi) is 5.06. The van der Waals surface area contributed by atoms with Crippen molar-refractivity contribution in [3.05, 3.63) is 50.8 Å². The van der Waals surface area contributed by atoms with Crippen LogP contribution in [-0.2, 0) is 16.1 Å². The molecule has 0 bridgehead atoms. The number of fused-ring (bicyclic) bond motifs is 1. The number of H-pyrrole nitrogens is 1. The molecule has 5 nitrogen and oxygen atoms in total. The van der Waals surface area contributed by atoms with Gasteiger partial charge in [0.1, 0.15) is 5.60 Å². The molecule has 1 aromatic heterocycles. The molecule has 1 aromatic carbocycles. The quantitative estimate of drug-likeness (QED) is 0.827. The van der Waals surface area contributed by atoms with Crippen molar-refractivity contribution < 1.29 is 14.6 Å². The average molecular weight is 329 g/mol. The summed E-state index contributed by atoms with van der Waals surface area (Å²) in [6.45, 7) is 6.95. The summed E-state index contributed by atoms with van der Waals surface area (Å²) in [6.07, 6.45) is 2.83. The van der Waals surface area contributed by atoms with Gasteiger partial charge in [-0.05, 0) is 57.0 Å². The minimum Gasteiger partial charge on any atom is -0.382 e. The Balaban J connectivity index is 2.62. The second-order valence-electron chi connectivity index (χ2n) is 6.45. The highest BCUT2D eigenvalue weighted by atomic mass is 16.5. The van der Waals surface area contributed by atoms with Crippen LogP contribution in [0.1, 0.15) is 36.2 Å². The highest BCUT2D eigenvalue weighted by Crippen LogP contribution is 2.21. The first-order valence-electron chi connectivity index (χ1n) is 7.75. The Morgan fingerprint density at radius 2 is 1.96 bits per heavy atom. The van der Waals surface area contributed by atoms with E-state index in [1.807, 2.05) is 13.0 Å². The van der Waals surface area contributed by atoms with Gasteiger partial charge in [-0.2, -0.15) is 0 Å². The highest BCUT2D eigenvalue weighted by molar-refractivity contribution is 5.99. The van der Waals surface area contributed by atoms with Gasteiger partial charge in [0, 0.05) is 23.8 Å². The van der Waals surface area contributed by atoms with Crippen molar-refractivity contribution in [1.82, 2.24) is 4.98 Å². The number of carbonyl (C=O) groups excluding carboxylic acids is 1. The predicted molar refractivity (Wildman–Crippen MR) is 95.1 cm³/mol. The van der Waals surface area contributed by atoms with Crippen molar-refractivity contribution in [2.24, 2.45) is 0 Å². The molecule has 0 amide bonds. The summed E-state index contributed by atoms with van der Waals surface area (Å²) < 4.78 is 5.18. The van der Waals surface area contributed by atoms with Gasteiger partial charge >= 0.3 is 0 Å². The SMILES string of the molecule is COCc1ccc2c(=O)c(C)c(C=CC(=O)C(C)(C)O)[nH]c2c1C. The Morgan fingerprint density at radius 1 is 1.29 bits per heavy atom. The summed E-state index contributed by atoms with van der Waals surface area (Å²) in [5.41, 5.74) is 2.23. The lowest BCUT2D eigenvalue weighted by atomic mass is 10.0. The zero-order chi connectivity index (χ0) is 18.1. The fraction of sp³-hybridized carbons (Fsp3) is 0.368. The zero-order valence-corrected chi connectivity index (χ0v) is 14.7. The molecule has 128 valence electrons. The second kappa shape index (κ2) is 6.71. The lowest BCUT2D eigenvalue weighted by Gasteiger charge is -2.13. The number of benzene rings is 1. The zero-order valence-electron chi connectivity index (χ0n) is 14.7. The van der Waals surface area contributed by atoms with Gasteiger partial charge in [-0.25, -0.2) is 0 Å². The van der Waals surface area contributed by atoms with Gasteiger partial charge in [-0.1, -0.05) is 6.07 Å². The smallest absolute Gasteiger partial charge is 0.192 e. The van der Waals surface area contributed by atoms with Gasteiger partial charge in [-0.15, -0.1) is 0 Å². The summed E-state index contributed by atoms with van der Waals surface area (Å²) in [5.74, 6) is -0.423. The molecule has 2 aromatic rings. The van der Waals surface area contributed by atoms with Crippen molar-refractivity contribution in [1.29, 1.82) is 0 Å². The summed E-state index contributed by atoms with van der Waals surface area (Å²) in [5, 5.41) is 10.3. The fourth-order valence-corrected chi connectivity index (χ4v) is 2.50. The Morgan fingerprint density at radius 3 is 2.54 bits per heavy atom. The molecule has 2 N–H and O–H groups in total. The molecule has 0 aliphatic carbocycles. The monoisotopic (exact) mass is 329 g/mol. The number of ether oxygens (including phenoxy) is 1. The molecular formula is C19H23NO4. The van der Waals surface area contributed by atoms with E-state index >= 15 is 0 Å². The van der Waals surface area contributed by atoms with Crippen LogP contribution >= 0.6 is 0 Å². The number of pyridine rings is 1. The van der Waals surface area contributed by atoms with Crippen LogP contribution in [0.4, 0.5) is 0 Å². The molecule has 1 heterocycles. The number of aromatic amines is 1. The maximum atomic E-state index is 12.6. The van der Waals surface area contributed by atoms with Gasteiger partial charge < -0.3 is 14.8 Å². The molecule has 2 rings (SSSR count). The van der Waals surface area contributed by atoms with E-state index in [-0.39, 0.29) is 5.43 Å². The van der Waals surface area contributed by atoms with Crippen LogP contribution in [0.5, 0.6) is 0 Å². The minimum absolute atomic E-state index is 0.0776. The van der Waals surface area contributed by atoms with Crippen molar-refractivity contribution >= 4 is 22.8 Å². The van der Waals surface area contributed by atoms with Crippen LogP contribution in [0.25, 0.3) is 17.0 Å². The van der Waals surface area contributed by atoms with E-state index in [9.17, 15) is 14.7 Å². The molecule has 0 aliphatic rings. The van der Waals surface area contributed by atoms with Gasteiger partial charge in [0.2, 0.25) is 0 Å². The summed E-state index contributed by atoms with van der Waals surface area (Å²) >= 11 is 0. The van der Waals surface area contributed by atoms with Crippen LogP contribution in [0.15, 0.2) is 23.0 Å². The van der Waals surface area contributed by atoms with Gasteiger partial charge in [0.15, 0.2) is 11.2 Å². The molecule has 24 heavy (non-hydrogen) atoms. The molecule has 0 fully saturated rings. The molecule has 0 aliphatic heterocycles. The number of aliphatic hydroxyl groups is 1. The third-order valence-corrected chi connectivity index (χ3v) is 4.13. The number of nitrogens with one attached hydrogen (secondary N) is 1. The third-order valence-electron chi connectivity index (χ3n) is 4.13. The number of aryl methyl sites for hydroxylation is 1. The van der Waals surface area contributed by atoms with Crippen LogP contribution in [0.2, 0.25) is 0 Å². The van der Waals surface area contributed by atoms with Gasteiger partial charge in [0.05, 0.1) is 12.1 Å². The van der Waals surface area contributed by atoms with Crippen LogP contribution in [0.3, 0.4) is 0 Å². The molecule has 0 spiro atoms. The first-order valence-corrected chi connectivity index (χ1v) is 7.75. The number of rotatable bonds is 5. The van der Waals surface area contributed by atoms with E-state index in [0.29, 0.717) is 23.3 Å². The van der Waals surface area contributed by atoms with Crippen molar-refractivity contribution in [2.75, 3.05) is 7.11 Å². The van der Waals surface area contributed by atoms with Gasteiger partial charge in [-0.3, -0.25) is 9.59 Å². The maximum absolute atomic E-state index is 12.6. The van der Waals surface area contributed by atoms with Crippen LogP contribution in [-0.4, -0.2) is 28.6 Å². The number of aromatic nitrogens is 1. The average Bonchev–Trinajstić information content (AvgIpc) is 2.51. The topological polar surface area (TPSA) is 79.4 Å². The molecule has 0 unspecified atom stereocenters. The summed E-state index contributed by atoms with van der Waals surface area (Å²) in [4.78, 5) is 27.7. The lowest BCUT2D eigenvalue weighted by Crippen LogP contribution is -2.29. The van der Waals surface area contributed by atoms with Crippen molar-refractivity contribution in [3.8, 4) is 0 Å². The molecular weight excluding hydrogens is 306 g/mol. The third kappa shape index (κ3) is 3.47. The first-order chi connectivity index (χ1) is 11.2. The number of hydrogen-bond donors (Lipinski definition) is 2. The normalized spacial score (nSPS) is 12.2. The standard InChI is InChI=1S/C19H23NO4/c1-11-13(10-24-5)6-7-14-17(11)20-15(12(2)18(14)22)8-9-16(21)19(3,4)23/h6-9,23H,10H2,1-5H3,(H,20,22). The second-order valence-corrected chi connectivity index (χ2v) is 6.45. The van der Waals surface area contributed by atoms with Crippen molar-refractivity contribution in [2.45, 2.75) is 39.9 Å². The van der Waals surface area contributed by atoms with E-state index < -0.39 is 11.4 Å². The summed E-state index contributed by atoms with van der Waals surface area (Å²) in [7, 11) is 1.62. The first kappa shape index (κ1) is 18.1. The molecule has 5 heteroatoms. The predicted octanol–water partition coefficient (Wildman–Crippen LogP) is 2.64. The number of carbonyl (C=O) groups is 1. The van der Waals surface area contributed by atoms with E-state index in [1.54, 1.807) is 26.2 Å². The molecule has 0 atom stereocenters. The Bertz CT molecular complexity index is 870. The molecule has 0 radical (unpaired) electrons.